The van der Waals surface area contributed by atoms with Crippen molar-refractivity contribution in [2.24, 2.45) is 11.8 Å². The van der Waals surface area contributed by atoms with Gasteiger partial charge >= 0.3 is 0 Å². The molecule has 3 fully saturated rings. The first-order chi connectivity index (χ1) is 12.8. The highest BCUT2D eigenvalue weighted by atomic mass is 16.1. The molecule has 3 aliphatic rings. The molecule has 0 spiro atoms. The van der Waals surface area contributed by atoms with E-state index in [2.05, 4.69) is 20.5 Å². The van der Waals surface area contributed by atoms with Crippen LogP contribution in [0.25, 0.3) is 22.3 Å². The van der Waals surface area contributed by atoms with Crippen molar-refractivity contribution in [2.75, 3.05) is 0 Å². The molecule has 0 radical (unpaired) electrons. The van der Waals surface area contributed by atoms with E-state index in [4.69, 9.17) is 0 Å². The van der Waals surface area contributed by atoms with Crippen LogP contribution in [0.5, 0.6) is 0 Å². The Morgan fingerprint density at radius 1 is 1.12 bits per heavy atom. The van der Waals surface area contributed by atoms with E-state index < -0.39 is 0 Å². The van der Waals surface area contributed by atoms with Crippen molar-refractivity contribution in [3.63, 3.8) is 0 Å². The second-order valence-corrected chi connectivity index (χ2v) is 7.66. The van der Waals surface area contributed by atoms with Crippen molar-refractivity contribution in [1.82, 2.24) is 20.5 Å². The molecule has 2 heterocycles. The Kier molecular flexibility index (Phi) is 3.73. The van der Waals surface area contributed by atoms with E-state index in [1.807, 2.05) is 36.4 Å². The molecule has 0 aliphatic heterocycles. The molecule has 5 nitrogen and oxygen atoms in total. The summed E-state index contributed by atoms with van der Waals surface area (Å²) in [6.07, 6.45) is 7.95. The molecule has 132 valence electrons. The maximum atomic E-state index is 12.8. The van der Waals surface area contributed by atoms with Crippen molar-refractivity contribution in [3.05, 3.63) is 48.2 Å². The van der Waals surface area contributed by atoms with Crippen molar-refractivity contribution < 1.29 is 4.79 Å². The second kappa shape index (κ2) is 6.24. The zero-order valence-electron chi connectivity index (χ0n) is 14.6. The number of carbonyl (C=O) groups excluding carboxylic acids is 1. The summed E-state index contributed by atoms with van der Waals surface area (Å²) in [5.74, 6) is 1.43. The quantitative estimate of drug-likeness (QED) is 0.755. The number of fused-ring (bicyclic) bond motifs is 4. The maximum Gasteiger partial charge on any atom is 0.253 e. The van der Waals surface area contributed by atoms with E-state index in [1.165, 1.54) is 25.7 Å². The molecule has 26 heavy (non-hydrogen) atoms. The first-order valence-electron chi connectivity index (χ1n) is 9.48. The number of rotatable bonds is 3. The van der Waals surface area contributed by atoms with Crippen molar-refractivity contribution in [3.8, 4) is 11.3 Å². The number of aromatic amines is 1. The van der Waals surface area contributed by atoms with Gasteiger partial charge in [-0.05, 0) is 37.2 Å². The van der Waals surface area contributed by atoms with Gasteiger partial charge in [-0.25, -0.2) is 4.98 Å². The minimum Gasteiger partial charge on any atom is -0.349 e. The molecule has 2 N–H and O–H groups in total. The molecule has 1 aromatic carbocycles. The molecule has 5 heteroatoms. The number of carbonyl (C=O) groups is 1. The summed E-state index contributed by atoms with van der Waals surface area (Å²) >= 11 is 0. The van der Waals surface area contributed by atoms with Crippen LogP contribution in [0, 0.1) is 11.8 Å². The van der Waals surface area contributed by atoms with Gasteiger partial charge in [0.2, 0.25) is 0 Å². The Morgan fingerprint density at radius 2 is 1.92 bits per heavy atom. The predicted molar refractivity (Wildman–Crippen MR) is 101 cm³/mol. The van der Waals surface area contributed by atoms with Crippen LogP contribution in [0.15, 0.2) is 42.6 Å². The van der Waals surface area contributed by atoms with Crippen LogP contribution in [-0.2, 0) is 0 Å². The van der Waals surface area contributed by atoms with Gasteiger partial charge in [0.15, 0.2) is 5.65 Å². The summed E-state index contributed by atoms with van der Waals surface area (Å²) < 4.78 is 0. The van der Waals surface area contributed by atoms with Gasteiger partial charge in [-0.2, -0.15) is 5.10 Å². The molecule has 1 unspecified atom stereocenters. The summed E-state index contributed by atoms with van der Waals surface area (Å²) in [6, 6.07) is 12.2. The molecule has 3 aromatic rings. The lowest BCUT2D eigenvalue weighted by Crippen LogP contribution is -2.47. The Labute approximate surface area is 152 Å². The van der Waals surface area contributed by atoms with Crippen LogP contribution in [0.2, 0.25) is 0 Å². The highest BCUT2D eigenvalue weighted by molar-refractivity contribution is 6.00. The third-order valence-electron chi connectivity index (χ3n) is 6.10. The highest BCUT2D eigenvalue weighted by Crippen LogP contribution is 2.41. The lowest BCUT2D eigenvalue weighted by molar-refractivity contribution is 0.0810. The molecule has 3 aliphatic carbocycles. The zero-order chi connectivity index (χ0) is 17.5. The van der Waals surface area contributed by atoms with Crippen LogP contribution in [0.3, 0.4) is 0 Å². The van der Waals surface area contributed by atoms with E-state index in [9.17, 15) is 4.79 Å². The molecule has 6 rings (SSSR count). The largest absolute Gasteiger partial charge is 0.349 e. The fourth-order valence-corrected chi connectivity index (χ4v) is 4.66. The molecule has 2 bridgehead atoms. The topological polar surface area (TPSA) is 70.7 Å². The molecule has 1 amide bonds. The molecular formula is C21H22N4O. The van der Waals surface area contributed by atoms with Crippen LogP contribution in [0.1, 0.15) is 42.5 Å². The van der Waals surface area contributed by atoms with Gasteiger partial charge < -0.3 is 5.32 Å². The van der Waals surface area contributed by atoms with Gasteiger partial charge in [0, 0.05) is 23.2 Å². The van der Waals surface area contributed by atoms with Crippen LogP contribution in [0.4, 0.5) is 0 Å². The zero-order valence-corrected chi connectivity index (χ0v) is 14.6. The normalized spacial score (nSPS) is 24.7. The Hall–Kier alpha value is -2.69. The number of nitrogens with zero attached hydrogens (tertiary/aromatic N) is 2. The third kappa shape index (κ3) is 2.68. The number of benzene rings is 1. The van der Waals surface area contributed by atoms with Gasteiger partial charge in [-0.3, -0.25) is 9.89 Å². The van der Waals surface area contributed by atoms with Gasteiger partial charge in [0.05, 0.1) is 11.3 Å². The monoisotopic (exact) mass is 346 g/mol. The van der Waals surface area contributed by atoms with E-state index in [0.717, 1.165) is 29.0 Å². The van der Waals surface area contributed by atoms with Crippen molar-refractivity contribution in [2.45, 2.75) is 38.1 Å². The smallest absolute Gasteiger partial charge is 0.253 e. The van der Waals surface area contributed by atoms with Crippen molar-refractivity contribution >= 4 is 16.9 Å². The van der Waals surface area contributed by atoms with E-state index in [1.54, 1.807) is 6.20 Å². The number of amides is 1. The van der Waals surface area contributed by atoms with Gasteiger partial charge in [-0.15, -0.1) is 0 Å². The number of hydrogen-bond donors (Lipinski definition) is 2. The number of aromatic nitrogens is 3. The number of nitrogens with one attached hydrogen (secondary N) is 2. The van der Waals surface area contributed by atoms with E-state index in [0.29, 0.717) is 23.2 Å². The highest BCUT2D eigenvalue weighted by Gasteiger charge is 2.36. The summed E-state index contributed by atoms with van der Waals surface area (Å²) in [7, 11) is 0. The molecule has 2 aromatic heterocycles. The number of hydrogen-bond acceptors (Lipinski definition) is 3. The lowest BCUT2D eigenvalue weighted by atomic mass is 9.68. The lowest BCUT2D eigenvalue weighted by Gasteiger charge is -2.42. The average molecular weight is 346 g/mol. The Morgan fingerprint density at radius 3 is 2.65 bits per heavy atom. The van der Waals surface area contributed by atoms with Gasteiger partial charge in [0.25, 0.3) is 5.91 Å². The summed E-state index contributed by atoms with van der Waals surface area (Å²) in [6.45, 7) is 0. The molecule has 0 saturated heterocycles. The third-order valence-corrected chi connectivity index (χ3v) is 6.10. The summed E-state index contributed by atoms with van der Waals surface area (Å²) in [4.78, 5) is 17.2. The number of H-pyrrole nitrogens is 1. The first-order valence-corrected chi connectivity index (χ1v) is 9.48. The average Bonchev–Trinajstić information content (AvgIpc) is 3.13. The minimum atomic E-state index is -0.0165. The standard InChI is InChI=1S/C21H22N4O/c26-21(23-18-10-13-6-8-14(18)9-7-13)16-11-17-19(15-4-2-1-3-5-15)24-25-20(17)22-12-16/h1-5,11-14,18H,6-10H2,(H,23,26)(H,22,24,25). The van der Waals surface area contributed by atoms with E-state index >= 15 is 0 Å². The summed E-state index contributed by atoms with van der Waals surface area (Å²) in [5.41, 5.74) is 3.19. The maximum absolute atomic E-state index is 12.8. The van der Waals surface area contributed by atoms with Crippen molar-refractivity contribution in [1.29, 1.82) is 0 Å². The second-order valence-electron chi connectivity index (χ2n) is 7.66. The minimum absolute atomic E-state index is 0.0165. The molecule has 3 saturated carbocycles. The van der Waals surface area contributed by atoms with Gasteiger partial charge in [0.1, 0.15) is 0 Å². The molecular weight excluding hydrogens is 324 g/mol. The predicted octanol–water partition coefficient (Wildman–Crippen LogP) is 3.93. The van der Waals surface area contributed by atoms with Crippen LogP contribution in [-0.4, -0.2) is 27.1 Å². The Bertz CT molecular complexity index is 941. The first kappa shape index (κ1) is 15.6. The van der Waals surface area contributed by atoms with Crippen LogP contribution < -0.4 is 5.32 Å². The Balaban J connectivity index is 1.43. The summed E-state index contributed by atoms with van der Waals surface area (Å²) in [5, 5.41) is 11.5. The fourth-order valence-electron chi connectivity index (χ4n) is 4.66. The fraction of sp³-hybridized carbons (Fsp3) is 0.381. The van der Waals surface area contributed by atoms with E-state index in [-0.39, 0.29) is 5.91 Å². The molecule has 1 atom stereocenters. The number of pyridine rings is 1. The van der Waals surface area contributed by atoms with Crippen LogP contribution >= 0.6 is 0 Å². The van der Waals surface area contributed by atoms with Gasteiger partial charge in [-0.1, -0.05) is 43.2 Å². The SMILES string of the molecule is O=C(NC1CC2CCC1CC2)c1cnc2n[nH]c(-c3ccccc3)c2c1.